The summed E-state index contributed by atoms with van der Waals surface area (Å²) in [7, 11) is 1.87. The molecule has 8 rings (SSSR count). The van der Waals surface area contributed by atoms with E-state index in [1.807, 2.05) is 65.9 Å². The van der Waals surface area contributed by atoms with E-state index in [0.717, 1.165) is 33.8 Å². The van der Waals surface area contributed by atoms with Crippen LogP contribution in [-0.4, -0.2) is 81.6 Å². The van der Waals surface area contributed by atoms with Gasteiger partial charge in [0.05, 0.1) is 45.0 Å². The van der Waals surface area contributed by atoms with E-state index in [1.165, 1.54) is 6.33 Å². The van der Waals surface area contributed by atoms with E-state index < -0.39 is 29.8 Å². The number of nitrogens with one attached hydrogen (secondary N) is 1. The Balaban J connectivity index is 1.12. The number of halogens is 4. The van der Waals surface area contributed by atoms with Crippen molar-refractivity contribution in [1.82, 2.24) is 43.6 Å². The number of hydrogen-bond acceptors (Lipinski definition) is 10. The Hall–Kier alpha value is -6.82. The van der Waals surface area contributed by atoms with E-state index >= 15 is 0 Å². The summed E-state index contributed by atoms with van der Waals surface area (Å²) in [5.41, 5.74) is 2.95. The van der Waals surface area contributed by atoms with Crippen LogP contribution in [0.4, 0.5) is 24.5 Å². The fraction of sp³-hybridized carbons (Fsp3) is 0.268. The lowest BCUT2D eigenvalue weighted by molar-refractivity contribution is -0.137. The number of carbonyl (C=O) groups excluding carboxylic acids is 2. The molecule has 0 aliphatic carbocycles. The minimum atomic E-state index is -4.62. The van der Waals surface area contributed by atoms with Crippen LogP contribution in [0.25, 0.3) is 28.2 Å². The van der Waals surface area contributed by atoms with Gasteiger partial charge in [0.25, 0.3) is 11.5 Å². The number of hydrogen-bond donors (Lipinski definition) is 1. The van der Waals surface area contributed by atoms with Crippen molar-refractivity contribution in [2.75, 3.05) is 36.4 Å². The Morgan fingerprint density at radius 3 is 2.45 bits per heavy atom. The highest BCUT2D eigenvalue weighted by molar-refractivity contribution is 6.33. The van der Waals surface area contributed by atoms with Crippen molar-refractivity contribution in [3.63, 3.8) is 0 Å². The van der Waals surface area contributed by atoms with Gasteiger partial charge in [0.2, 0.25) is 11.7 Å². The first-order chi connectivity index (χ1) is 28.8. The number of aromatic nitrogens is 8. The van der Waals surface area contributed by atoms with Gasteiger partial charge in [-0.25, -0.2) is 15.0 Å². The van der Waals surface area contributed by atoms with Gasteiger partial charge in [-0.05, 0) is 55.3 Å². The van der Waals surface area contributed by atoms with E-state index in [4.69, 9.17) is 21.3 Å². The van der Waals surface area contributed by atoms with Gasteiger partial charge in [-0.3, -0.25) is 14.4 Å². The molecule has 3 aromatic carbocycles. The molecule has 2 amide bonds. The molecule has 308 valence electrons. The molecule has 1 aliphatic heterocycles. The van der Waals surface area contributed by atoms with Crippen molar-refractivity contribution < 1.29 is 27.5 Å². The molecule has 15 nitrogen and oxygen atoms in total. The van der Waals surface area contributed by atoms with E-state index in [2.05, 4.69) is 25.4 Å². The molecule has 0 unspecified atom stereocenters. The van der Waals surface area contributed by atoms with Gasteiger partial charge < -0.3 is 29.0 Å². The maximum Gasteiger partial charge on any atom is 0.416 e. The zero-order chi connectivity index (χ0) is 42.3. The smallest absolute Gasteiger partial charge is 0.416 e. The van der Waals surface area contributed by atoms with Crippen LogP contribution < -0.4 is 20.5 Å². The molecule has 1 saturated heterocycles. The number of alkyl halides is 3. The summed E-state index contributed by atoms with van der Waals surface area (Å²) in [6, 6.07) is 17.6. The predicted molar refractivity (Wildman–Crippen MR) is 217 cm³/mol. The summed E-state index contributed by atoms with van der Waals surface area (Å²) in [6.07, 6.45) is -1.35. The molecule has 60 heavy (non-hydrogen) atoms. The maximum atomic E-state index is 14.5. The lowest BCUT2D eigenvalue weighted by Crippen LogP contribution is -2.51. The summed E-state index contributed by atoms with van der Waals surface area (Å²) in [4.78, 5) is 63.4. The molecule has 19 heteroatoms. The summed E-state index contributed by atoms with van der Waals surface area (Å²) in [5.74, 6) is -0.421. The number of nitrogens with zero attached hydrogens (tertiary/aromatic N) is 10. The Labute approximate surface area is 345 Å². The van der Waals surface area contributed by atoms with Crippen molar-refractivity contribution in [3.8, 4) is 17.1 Å². The number of anilines is 2. The first-order valence-corrected chi connectivity index (χ1v) is 19.3. The van der Waals surface area contributed by atoms with Crippen LogP contribution in [0.2, 0.25) is 5.02 Å². The normalized spacial score (nSPS) is 13.3. The number of carbonyl (C=O) groups is 2. The molecular formula is C41H37ClF3N11O4. The summed E-state index contributed by atoms with van der Waals surface area (Å²) in [5, 5.41) is 6.93. The highest BCUT2D eigenvalue weighted by Crippen LogP contribution is 2.34. The van der Waals surface area contributed by atoms with Crippen molar-refractivity contribution >= 4 is 51.6 Å². The van der Waals surface area contributed by atoms with Gasteiger partial charge in [-0.2, -0.15) is 22.7 Å². The van der Waals surface area contributed by atoms with E-state index in [1.54, 1.807) is 28.8 Å². The zero-order valence-corrected chi connectivity index (χ0v) is 33.3. The van der Waals surface area contributed by atoms with Crippen LogP contribution in [-0.2, 0) is 37.6 Å². The molecule has 0 bridgehead atoms. The number of amides is 2. The number of benzene rings is 3. The standard InChI is InChI=1S/C41H37ClF3N11O4/c1-4-31-35(53-14-16-54(17-15-53)38(58)34-36(24(2)46-22-47-34)60-21-25-8-6-5-7-9-25)39(59)56-40(50-37(51-56)26-10-13-32-30(18-26)48-23-52(32)3)55(31)20-33(57)49-29-12-11-27(19-28(29)42)41(43,44)45/h5-13,18-19,22-23H,4,14-17,20-21H2,1-3H3,(H,49,57). The summed E-state index contributed by atoms with van der Waals surface area (Å²) < 4.78 is 50.6. The molecule has 4 aromatic heterocycles. The fourth-order valence-electron chi connectivity index (χ4n) is 7.25. The fourth-order valence-corrected chi connectivity index (χ4v) is 7.48. The largest absolute Gasteiger partial charge is 0.485 e. The number of rotatable bonds is 10. The molecule has 0 spiro atoms. The second kappa shape index (κ2) is 16.1. The minimum absolute atomic E-state index is 0.0240. The molecule has 0 saturated carbocycles. The molecular weight excluding hydrogens is 803 g/mol. The monoisotopic (exact) mass is 839 g/mol. The second-order valence-electron chi connectivity index (χ2n) is 14.2. The molecule has 7 aromatic rings. The van der Waals surface area contributed by atoms with Gasteiger partial charge in [0.15, 0.2) is 17.3 Å². The Bertz CT molecular complexity index is 2830. The SMILES string of the molecule is CCc1c(N2CCN(C(=O)c3ncnc(C)c3OCc3ccccc3)CC2)c(=O)n2nc(-c3ccc4c(c3)ncn4C)nc2n1CC(=O)Nc1ccc(C(F)(F)F)cc1Cl. The quantitative estimate of drug-likeness (QED) is 0.174. The third-order valence-corrected chi connectivity index (χ3v) is 10.6. The Morgan fingerprint density at radius 1 is 0.967 bits per heavy atom. The second-order valence-corrected chi connectivity index (χ2v) is 14.6. The summed E-state index contributed by atoms with van der Waals surface area (Å²) >= 11 is 6.18. The van der Waals surface area contributed by atoms with E-state index in [-0.39, 0.29) is 84.6 Å². The molecule has 1 aliphatic rings. The Morgan fingerprint density at radius 2 is 1.73 bits per heavy atom. The summed E-state index contributed by atoms with van der Waals surface area (Å²) in [6.45, 7) is 4.33. The molecule has 1 N–H and O–H groups in total. The van der Waals surface area contributed by atoms with Crippen molar-refractivity contribution in [2.24, 2.45) is 7.05 Å². The predicted octanol–water partition coefficient (Wildman–Crippen LogP) is 5.96. The van der Waals surface area contributed by atoms with Crippen LogP contribution in [0.5, 0.6) is 5.75 Å². The number of aryl methyl sites for hydroxylation is 2. The van der Waals surface area contributed by atoms with Crippen LogP contribution in [0.3, 0.4) is 0 Å². The molecule has 1 fully saturated rings. The highest BCUT2D eigenvalue weighted by Gasteiger charge is 2.33. The first kappa shape index (κ1) is 40.0. The van der Waals surface area contributed by atoms with E-state index in [9.17, 15) is 27.6 Å². The highest BCUT2D eigenvalue weighted by atomic mass is 35.5. The number of imidazole rings is 1. The van der Waals surface area contributed by atoms with Crippen molar-refractivity contribution in [2.45, 2.75) is 39.6 Å². The maximum absolute atomic E-state index is 14.5. The van der Waals surface area contributed by atoms with Gasteiger partial charge in [0.1, 0.15) is 25.2 Å². The molecule has 0 radical (unpaired) electrons. The number of piperazine rings is 1. The average molecular weight is 840 g/mol. The van der Waals surface area contributed by atoms with Gasteiger partial charge in [-0.15, -0.1) is 5.10 Å². The Kier molecular flexibility index (Phi) is 10.7. The zero-order valence-electron chi connectivity index (χ0n) is 32.6. The third-order valence-electron chi connectivity index (χ3n) is 10.3. The lowest BCUT2D eigenvalue weighted by Gasteiger charge is -2.36. The average Bonchev–Trinajstić information content (AvgIpc) is 3.86. The van der Waals surface area contributed by atoms with Crippen LogP contribution in [0.15, 0.2) is 84.2 Å². The third kappa shape index (κ3) is 7.72. The van der Waals surface area contributed by atoms with Crippen molar-refractivity contribution in [1.29, 1.82) is 0 Å². The number of ether oxygens (including phenoxy) is 1. The van der Waals surface area contributed by atoms with Gasteiger partial charge >= 0.3 is 6.18 Å². The lowest BCUT2D eigenvalue weighted by atomic mass is 10.2. The minimum Gasteiger partial charge on any atom is -0.485 e. The van der Waals surface area contributed by atoms with Crippen LogP contribution >= 0.6 is 11.6 Å². The van der Waals surface area contributed by atoms with Gasteiger partial charge in [-0.1, -0.05) is 48.9 Å². The van der Waals surface area contributed by atoms with Crippen molar-refractivity contribution in [3.05, 3.63) is 123 Å². The van der Waals surface area contributed by atoms with E-state index in [0.29, 0.717) is 22.5 Å². The topological polar surface area (TPSA) is 158 Å². The first-order valence-electron chi connectivity index (χ1n) is 18.9. The number of fused-ring (bicyclic) bond motifs is 2. The molecule has 0 atom stereocenters. The molecule has 5 heterocycles. The van der Waals surface area contributed by atoms with Crippen LogP contribution in [0, 0.1) is 6.92 Å². The van der Waals surface area contributed by atoms with Crippen LogP contribution in [0.1, 0.15) is 39.9 Å². The van der Waals surface area contributed by atoms with Gasteiger partial charge in [0, 0.05) is 38.8 Å².